The molecule has 2 aliphatic heterocycles. The van der Waals surface area contributed by atoms with Crippen LogP contribution in [0.15, 0.2) is 47.1 Å². The molecule has 2 aliphatic rings. The highest BCUT2D eigenvalue weighted by molar-refractivity contribution is 5.87. The molecular formula is C25H24F3N9O3. The zero-order chi connectivity index (χ0) is 28.1. The van der Waals surface area contributed by atoms with Gasteiger partial charge in [0, 0.05) is 51.4 Å². The highest BCUT2D eigenvalue weighted by Crippen LogP contribution is 2.34. The summed E-state index contributed by atoms with van der Waals surface area (Å²) in [6.45, 7) is 0.168. The van der Waals surface area contributed by atoms with E-state index in [1.54, 1.807) is 48.3 Å². The molecule has 0 aliphatic carbocycles. The zero-order valence-electron chi connectivity index (χ0n) is 21.3. The SMILES string of the molecule is CN1CCC(O)(c2cc(-c3cccc(-c4ccnc(Nc5cc6n(n5)CCN(CC(F)(F)F)C6)n4)n3)no2)C1=O. The molecule has 6 heterocycles. The highest BCUT2D eigenvalue weighted by atomic mass is 19.4. The molecule has 0 bridgehead atoms. The molecule has 4 aromatic heterocycles. The topological polar surface area (TPSA) is 138 Å². The molecule has 0 saturated carbocycles. The predicted molar refractivity (Wildman–Crippen MR) is 134 cm³/mol. The van der Waals surface area contributed by atoms with E-state index in [1.807, 2.05) is 0 Å². The van der Waals surface area contributed by atoms with Gasteiger partial charge in [0.25, 0.3) is 5.91 Å². The number of fused-ring (bicyclic) bond motifs is 1. The molecule has 15 heteroatoms. The Labute approximate surface area is 225 Å². The Morgan fingerprint density at radius 3 is 2.60 bits per heavy atom. The lowest BCUT2D eigenvalue weighted by atomic mass is 9.98. The molecule has 1 amide bonds. The van der Waals surface area contributed by atoms with Gasteiger partial charge in [0.2, 0.25) is 11.5 Å². The first-order chi connectivity index (χ1) is 19.1. The number of aliphatic hydroxyl groups is 1. The van der Waals surface area contributed by atoms with Crippen LogP contribution in [-0.4, -0.2) is 83.6 Å². The first-order valence-electron chi connectivity index (χ1n) is 12.5. The van der Waals surface area contributed by atoms with Crippen molar-refractivity contribution in [2.24, 2.45) is 0 Å². The van der Waals surface area contributed by atoms with Crippen LogP contribution in [0.4, 0.5) is 24.9 Å². The molecule has 208 valence electrons. The van der Waals surface area contributed by atoms with E-state index >= 15 is 0 Å². The Bertz CT molecular complexity index is 1570. The summed E-state index contributed by atoms with van der Waals surface area (Å²) >= 11 is 0. The molecule has 0 aromatic carbocycles. The van der Waals surface area contributed by atoms with Crippen molar-refractivity contribution in [3.05, 3.63) is 54.0 Å². The minimum Gasteiger partial charge on any atom is -0.373 e. The maximum absolute atomic E-state index is 12.8. The first-order valence-corrected chi connectivity index (χ1v) is 12.5. The van der Waals surface area contributed by atoms with Crippen LogP contribution in [0, 0.1) is 0 Å². The Morgan fingerprint density at radius 1 is 1.07 bits per heavy atom. The molecule has 40 heavy (non-hydrogen) atoms. The van der Waals surface area contributed by atoms with E-state index in [9.17, 15) is 23.1 Å². The van der Waals surface area contributed by atoms with Crippen LogP contribution < -0.4 is 5.32 Å². The average Bonchev–Trinajstić information content (AvgIpc) is 3.63. The Kier molecular flexibility index (Phi) is 6.26. The van der Waals surface area contributed by atoms with Gasteiger partial charge in [-0.25, -0.2) is 15.0 Å². The number of carbonyl (C=O) groups excluding carboxylic acids is 1. The second kappa shape index (κ2) is 9.67. The van der Waals surface area contributed by atoms with E-state index in [4.69, 9.17) is 4.52 Å². The molecule has 1 fully saturated rings. The number of pyridine rings is 1. The lowest BCUT2D eigenvalue weighted by Crippen LogP contribution is -2.39. The Balaban J connectivity index is 1.19. The third-order valence-electron chi connectivity index (χ3n) is 6.88. The monoisotopic (exact) mass is 555 g/mol. The van der Waals surface area contributed by atoms with Crippen molar-refractivity contribution in [3.63, 3.8) is 0 Å². The Morgan fingerprint density at radius 2 is 1.85 bits per heavy atom. The smallest absolute Gasteiger partial charge is 0.373 e. The minimum absolute atomic E-state index is 0.0573. The number of halogens is 3. The fourth-order valence-corrected chi connectivity index (χ4v) is 4.84. The lowest BCUT2D eigenvalue weighted by Gasteiger charge is -2.27. The lowest BCUT2D eigenvalue weighted by molar-refractivity contribution is -0.149. The van der Waals surface area contributed by atoms with Gasteiger partial charge in [-0.2, -0.15) is 18.3 Å². The number of nitrogens with one attached hydrogen (secondary N) is 1. The van der Waals surface area contributed by atoms with Crippen molar-refractivity contribution in [1.82, 2.24) is 39.7 Å². The van der Waals surface area contributed by atoms with Gasteiger partial charge in [0.05, 0.1) is 35.9 Å². The standard InChI is InChI=1S/C25H24F3N9O3/c1-35-8-6-24(39,22(35)38)20-12-19(34-40-20)17-4-2-3-16(30-17)18-5-7-29-23(31-18)32-21-11-15-13-36(14-25(26,27)28)9-10-37(15)33-21/h2-5,7,11-12,39H,6,8-10,13-14H2,1H3,(H,29,31,32,33). The molecule has 0 spiro atoms. The fraction of sp³-hybridized carbons (Fsp3) is 0.360. The predicted octanol–water partition coefficient (Wildman–Crippen LogP) is 2.56. The van der Waals surface area contributed by atoms with E-state index < -0.39 is 24.2 Å². The van der Waals surface area contributed by atoms with Crippen molar-refractivity contribution in [3.8, 4) is 22.8 Å². The Hall–Kier alpha value is -4.37. The minimum atomic E-state index is -4.26. The van der Waals surface area contributed by atoms with Crippen LogP contribution in [0.1, 0.15) is 17.9 Å². The van der Waals surface area contributed by atoms with Gasteiger partial charge < -0.3 is 19.8 Å². The van der Waals surface area contributed by atoms with Gasteiger partial charge in [-0.1, -0.05) is 11.2 Å². The van der Waals surface area contributed by atoms with Crippen LogP contribution in [0.25, 0.3) is 22.8 Å². The largest absolute Gasteiger partial charge is 0.401 e. The van der Waals surface area contributed by atoms with Gasteiger partial charge >= 0.3 is 6.18 Å². The fourth-order valence-electron chi connectivity index (χ4n) is 4.84. The summed E-state index contributed by atoms with van der Waals surface area (Å²) in [5.74, 6) is 0.266. The summed E-state index contributed by atoms with van der Waals surface area (Å²) in [6.07, 6.45) is -2.51. The molecule has 1 saturated heterocycles. The van der Waals surface area contributed by atoms with Gasteiger partial charge in [0.15, 0.2) is 11.6 Å². The van der Waals surface area contributed by atoms with Crippen molar-refractivity contribution < 1.29 is 27.6 Å². The number of aromatic nitrogens is 6. The van der Waals surface area contributed by atoms with Gasteiger partial charge in [-0.3, -0.25) is 14.4 Å². The molecule has 6 rings (SSSR count). The van der Waals surface area contributed by atoms with E-state index in [1.165, 1.54) is 15.9 Å². The molecular weight excluding hydrogens is 531 g/mol. The number of hydrogen-bond acceptors (Lipinski definition) is 10. The third kappa shape index (κ3) is 5.00. The first kappa shape index (κ1) is 25.9. The summed E-state index contributed by atoms with van der Waals surface area (Å²) in [7, 11) is 1.61. The number of nitrogens with zero attached hydrogens (tertiary/aromatic N) is 8. The van der Waals surface area contributed by atoms with Crippen molar-refractivity contribution in [1.29, 1.82) is 0 Å². The number of alkyl halides is 3. The number of anilines is 2. The summed E-state index contributed by atoms with van der Waals surface area (Å²) in [4.78, 5) is 28.5. The number of amides is 1. The molecule has 1 unspecified atom stereocenters. The quantitative estimate of drug-likeness (QED) is 0.365. The summed E-state index contributed by atoms with van der Waals surface area (Å²) in [5.41, 5.74) is 0.709. The maximum Gasteiger partial charge on any atom is 0.401 e. The van der Waals surface area contributed by atoms with Crippen LogP contribution in [0.2, 0.25) is 0 Å². The number of likely N-dealkylation sites (tertiary alicyclic amines) is 1. The third-order valence-corrected chi connectivity index (χ3v) is 6.88. The maximum atomic E-state index is 12.8. The van der Waals surface area contributed by atoms with Gasteiger partial charge in [-0.15, -0.1) is 0 Å². The second-order valence-corrected chi connectivity index (χ2v) is 9.78. The zero-order valence-corrected chi connectivity index (χ0v) is 21.3. The van der Waals surface area contributed by atoms with Crippen LogP contribution in [0.5, 0.6) is 0 Å². The van der Waals surface area contributed by atoms with Crippen molar-refractivity contribution in [2.45, 2.75) is 31.3 Å². The molecule has 0 radical (unpaired) electrons. The van der Waals surface area contributed by atoms with E-state index in [2.05, 4.69) is 30.5 Å². The van der Waals surface area contributed by atoms with Crippen LogP contribution >= 0.6 is 0 Å². The van der Waals surface area contributed by atoms with Crippen LogP contribution in [0.3, 0.4) is 0 Å². The molecule has 4 aromatic rings. The van der Waals surface area contributed by atoms with Crippen molar-refractivity contribution in [2.75, 3.05) is 32.0 Å². The number of hydrogen-bond donors (Lipinski definition) is 2. The summed E-state index contributed by atoms with van der Waals surface area (Å²) < 4.78 is 45.4. The van der Waals surface area contributed by atoms with Crippen molar-refractivity contribution >= 4 is 17.7 Å². The van der Waals surface area contributed by atoms with Crippen LogP contribution in [-0.2, 0) is 23.5 Å². The normalized spacial score (nSPS) is 19.7. The van der Waals surface area contributed by atoms with E-state index in [-0.39, 0.29) is 31.2 Å². The average molecular weight is 556 g/mol. The molecule has 2 N–H and O–H groups in total. The van der Waals surface area contributed by atoms with Gasteiger partial charge in [-0.05, 0) is 18.2 Å². The van der Waals surface area contributed by atoms with Gasteiger partial charge in [0.1, 0.15) is 5.69 Å². The van der Waals surface area contributed by atoms with E-state index in [0.29, 0.717) is 47.4 Å². The summed E-state index contributed by atoms with van der Waals surface area (Å²) in [6, 6.07) is 10.1. The second-order valence-electron chi connectivity index (χ2n) is 9.78. The summed E-state index contributed by atoms with van der Waals surface area (Å²) in [5, 5.41) is 22.3. The number of likely N-dealkylation sites (N-methyl/N-ethyl adjacent to an activating group) is 1. The number of carbonyl (C=O) groups is 1. The molecule has 12 nitrogen and oxygen atoms in total. The molecule has 1 atom stereocenters. The highest BCUT2D eigenvalue weighted by Gasteiger charge is 2.48. The number of rotatable bonds is 6. The van der Waals surface area contributed by atoms with E-state index in [0.717, 1.165) is 0 Å².